The highest BCUT2D eigenvalue weighted by atomic mass is 19.1. The summed E-state index contributed by atoms with van der Waals surface area (Å²) in [7, 11) is 4.11. The van der Waals surface area contributed by atoms with Gasteiger partial charge >= 0.3 is 0 Å². The number of halogens is 1. The molecule has 4 heteroatoms. The monoisotopic (exact) mass is 329 g/mol. The smallest absolute Gasteiger partial charge is 0.123 e. The van der Waals surface area contributed by atoms with Crippen LogP contribution < -0.4 is 0 Å². The van der Waals surface area contributed by atoms with E-state index < -0.39 is 5.60 Å². The van der Waals surface area contributed by atoms with Crippen LogP contribution in [0.5, 0.6) is 0 Å². The molecule has 2 aromatic carbocycles. The fourth-order valence-electron chi connectivity index (χ4n) is 3.49. The number of ether oxygens (including phenoxy) is 1. The van der Waals surface area contributed by atoms with Crippen LogP contribution in [0.15, 0.2) is 42.5 Å². The van der Waals surface area contributed by atoms with Crippen LogP contribution >= 0.6 is 0 Å². The number of hydrogen-bond acceptors (Lipinski definition) is 3. The molecule has 1 atom stereocenters. The van der Waals surface area contributed by atoms with Gasteiger partial charge < -0.3 is 14.7 Å². The second-order valence-electron chi connectivity index (χ2n) is 6.68. The van der Waals surface area contributed by atoms with Gasteiger partial charge in [-0.3, -0.25) is 0 Å². The Hall–Kier alpha value is -1.75. The maximum absolute atomic E-state index is 13.4. The molecule has 128 valence electrons. The lowest BCUT2D eigenvalue weighted by molar-refractivity contribution is -0.0140. The van der Waals surface area contributed by atoms with E-state index in [2.05, 4.69) is 19.0 Å². The summed E-state index contributed by atoms with van der Waals surface area (Å²) in [5, 5.41) is 9.36. The largest absolute Gasteiger partial charge is 0.392 e. The first-order valence-electron chi connectivity index (χ1n) is 8.33. The molecule has 0 unspecified atom stereocenters. The molecule has 3 rings (SSSR count). The van der Waals surface area contributed by atoms with Crippen LogP contribution in [-0.2, 0) is 23.6 Å². The highest BCUT2D eigenvalue weighted by molar-refractivity contribution is 5.45. The Bertz CT molecular complexity index is 699. The summed E-state index contributed by atoms with van der Waals surface area (Å²) in [6, 6.07) is 12.6. The van der Waals surface area contributed by atoms with Crippen molar-refractivity contribution in [3.05, 3.63) is 70.5 Å². The van der Waals surface area contributed by atoms with Gasteiger partial charge in [-0.25, -0.2) is 4.39 Å². The first-order chi connectivity index (χ1) is 11.5. The minimum Gasteiger partial charge on any atom is -0.392 e. The molecular formula is C20H24FNO2. The maximum atomic E-state index is 13.4. The van der Waals surface area contributed by atoms with Gasteiger partial charge in [-0.15, -0.1) is 0 Å². The molecule has 0 amide bonds. The Kier molecular flexibility index (Phi) is 4.99. The van der Waals surface area contributed by atoms with Gasteiger partial charge in [0.05, 0.1) is 13.2 Å². The van der Waals surface area contributed by atoms with E-state index in [-0.39, 0.29) is 12.4 Å². The molecule has 2 aromatic rings. The Morgan fingerprint density at radius 3 is 2.58 bits per heavy atom. The highest BCUT2D eigenvalue weighted by Crippen LogP contribution is 2.45. The normalized spacial score (nSPS) is 19.7. The van der Waals surface area contributed by atoms with E-state index in [1.807, 2.05) is 30.3 Å². The first kappa shape index (κ1) is 17.1. The van der Waals surface area contributed by atoms with Crippen molar-refractivity contribution in [3.8, 4) is 0 Å². The van der Waals surface area contributed by atoms with Gasteiger partial charge in [-0.05, 0) is 67.9 Å². The quantitative estimate of drug-likeness (QED) is 0.881. The zero-order valence-electron chi connectivity index (χ0n) is 14.3. The molecule has 0 bridgehead atoms. The van der Waals surface area contributed by atoms with Gasteiger partial charge in [0.15, 0.2) is 0 Å². The van der Waals surface area contributed by atoms with Gasteiger partial charge in [0.2, 0.25) is 0 Å². The zero-order valence-corrected chi connectivity index (χ0v) is 14.3. The third-order valence-corrected chi connectivity index (χ3v) is 4.71. The van der Waals surface area contributed by atoms with Crippen molar-refractivity contribution < 1.29 is 14.2 Å². The molecule has 3 nitrogen and oxygen atoms in total. The van der Waals surface area contributed by atoms with Gasteiger partial charge in [0.25, 0.3) is 0 Å². The van der Waals surface area contributed by atoms with Gasteiger partial charge in [0, 0.05) is 0 Å². The fourth-order valence-corrected chi connectivity index (χ4v) is 3.49. The van der Waals surface area contributed by atoms with Crippen LogP contribution in [0.25, 0.3) is 0 Å². The van der Waals surface area contributed by atoms with Crippen LogP contribution in [0.3, 0.4) is 0 Å². The predicted octanol–water partition coefficient (Wildman–Crippen LogP) is 3.43. The van der Waals surface area contributed by atoms with E-state index in [0.717, 1.165) is 41.6 Å². The second-order valence-corrected chi connectivity index (χ2v) is 6.68. The zero-order chi connectivity index (χ0) is 17.2. The Balaban J connectivity index is 2.00. The molecule has 1 heterocycles. The van der Waals surface area contributed by atoms with Crippen LogP contribution in [0.1, 0.15) is 35.1 Å². The summed E-state index contributed by atoms with van der Waals surface area (Å²) in [6.07, 6.45) is 1.81. The number of benzene rings is 2. The maximum Gasteiger partial charge on any atom is 0.123 e. The van der Waals surface area contributed by atoms with E-state index in [4.69, 9.17) is 4.74 Å². The molecule has 1 N–H and O–H groups in total. The molecule has 1 aliphatic rings. The summed E-state index contributed by atoms with van der Waals surface area (Å²) in [5.74, 6) is -0.240. The van der Waals surface area contributed by atoms with Crippen LogP contribution in [-0.4, -0.2) is 30.6 Å². The number of fused-ring (bicyclic) bond motifs is 1. The standard InChI is InChI=1S/C20H24FNO2/c1-22(2)11-3-10-20(17-5-7-18(21)8-6-17)19-9-4-15(13-23)12-16(19)14-24-20/h4-9,12,23H,3,10-11,13-14H2,1-2H3/t20-/m0/s1. The lowest BCUT2D eigenvalue weighted by Crippen LogP contribution is -2.28. The second kappa shape index (κ2) is 7.01. The lowest BCUT2D eigenvalue weighted by atomic mass is 9.81. The third kappa shape index (κ3) is 3.22. The molecule has 0 fully saturated rings. The average Bonchev–Trinajstić information content (AvgIpc) is 2.94. The topological polar surface area (TPSA) is 32.7 Å². The number of rotatable bonds is 6. The molecule has 0 radical (unpaired) electrons. The van der Waals surface area contributed by atoms with E-state index >= 15 is 0 Å². The molecule has 0 saturated carbocycles. The van der Waals surface area contributed by atoms with Crippen LogP contribution in [0.4, 0.5) is 4.39 Å². The van der Waals surface area contributed by atoms with Gasteiger partial charge in [-0.2, -0.15) is 0 Å². The number of nitrogens with zero attached hydrogens (tertiary/aromatic N) is 1. The van der Waals surface area contributed by atoms with Crippen molar-refractivity contribution in [1.82, 2.24) is 4.90 Å². The average molecular weight is 329 g/mol. The van der Waals surface area contributed by atoms with Gasteiger partial charge in [-0.1, -0.05) is 30.3 Å². The van der Waals surface area contributed by atoms with Crippen molar-refractivity contribution in [3.63, 3.8) is 0 Å². The van der Waals surface area contributed by atoms with Crippen molar-refractivity contribution in [2.24, 2.45) is 0 Å². The molecule has 24 heavy (non-hydrogen) atoms. The summed E-state index contributed by atoms with van der Waals surface area (Å²) in [4.78, 5) is 2.16. The molecule has 0 aliphatic carbocycles. The number of aliphatic hydroxyl groups is 1. The molecule has 1 aliphatic heterocycles. The SMILES string of the molecule is CN(C)CCC[C@@]1(c2ccc(F)cc2)OCc2cc(CO)ccc21. The Labute approximate surface area is 142 Å². The summed E-state index contributed by atoms with van der Waals surface area (Å²) in [5.41, 5.74) is 3.58. The molecular weight excluding hydrogens is 305 g/mol. The Morgan fingerprint density at radius 1 is 1.17 bits per heavy atom. The molecule has 0 spiro atoms. The molecule has 0 aromatic heterocycles. The number of hydrogen-bond donors (Lipinski definition) is 1. The van der Waals surface area contributed by atoms with Gasteiger partial charge in [0.1, 0.15) is 11.4 Å². The summed E-state index contributed by atoms with van der Waals surface area (Å²) >= 11 is 0. The summed E-state index contributed by atoms with van der Waals surface area (Å²) in [6.45, 7) is 1.51. The van der Waals surface area contributed by atoms with E-state index in [1.54, 1.807) is 0 Å². The fraction of sp³-hybridized carbons (Fsp3) is 0.400. The third-order valence-electron chi connectivity index (χ3n) is 4.71. The number of aliphatic hydroxyl groups excluding tert-OH is 1. The van der Waals surface area contributed by atoms with Crippen LogP contribution in [0.2, 0.25) is 0 Å². The van der Waals surface area contributed by atoms with Crippen molar-refractivity contribution in [2.45, 2.75) is 31.7 Å². The van der Waals surface area contributed by atoms with E-state index in [0.29, 0.717) is 6.61 Å². The van der Waals surface area contributed by atoms with Crippen LogP contribution in [0, 0.1) is 5.82 Å². The predicted molar refractivity (Wildman–Crippen MR) is 92.1 cm³/mol. The van der Waals surface area contributed by atoms with Crippen molar-refractivity contribution >= 4 is 0 Å². The highest BCUT2D eigenvalue weighted by Gasteiger charge is 2.41. The first-order valence-corrected chi connectivity index (χ1v) is 8.33. The van der Waals surface area contributed by atoms with Crippen molar-refractivity contribution in [1.29, 1.82) is 0 Å². The molecule has 0 saturated heterocycles. The van der Waals surface area contributed by atoms with E-state index in [9.17, 15) is 9.50 Å². The Morgan fingerprint density at radius 2 is 1.92 bits per heavy atom. The minimum atomic E-state index is -0.535. The van der Waals surface area contributed by atoms with Crippen molar-refractivity contribution in [2.75, 3.05) is 20.6 Å². The lowest BCUT2D eigenvalue weighted by Gasteiger charge is -2.31. The van der Waals surface area contributed by atoms with E-state index in [1.165, 1.54) is 12.1 Å². The minimum absolute atomic E-state index is 0.0253. The summed E-state index contributed by atoms with van der Waals surface area (Å²) < 4.78 is 19.7.